The van der Waals surface area contributed by atoms with Crippen LogP contribution in [0.3, 0.4) is 0 Å². The smallest absolute Gasteiger partial charge is 0.348 e. The Kier molecular flexibility index (Phi) is 6.75. The minimum absolute atomic E-state index is 0.370. The average molecular weight is 445 g/mol. The van der Waals surface area contributed by atoms with Gasteiger partial charge in [-0.3, -0.25) is 4.79 Å². The molecule has 2 N–H and O–H groups in total. The van der Waals surface area contributed by atoms with E-state index in [1.54, 1.807) is 60.7 Å². The van der Waals surface area contributed by atoms with Crippen molar-refractivity contribution in [3.05, 3.63) is 95.6 Å². The second-order valence-electron chi connectivity index (χ2n) is 8.26. The summed E-state index contributed by atoms with van der Waals surface area (Å²) in [5.41, 5.74) is 1.47. The lowest BCUT2D eigenvalue weighted by atomic mass is 9.86. The molecule has 0 aliphatic carbocycles. The van der Waals surface area contributed by atoms with Gasteiger partial charge in [0.15, 0.2) is 6.61 Å². The number of amides is 1. The summed E-state index contributed by atoms with van der Waals surface area (Å²) in [4.78, 5) is 27.9. The van der Waals surface area contributed by atoms with E-state index in [1.165, 1.54) is 12.8 Å². The SMILES string of the molecule is Cc1cc(N2CCCC2)ccc1NC(=O)COC(=O)C(O)(c1ccccc1)c1ccccc1. The maximum Gasteiger partial charge on any atom is 0.348 e. The first-order valence-corrected chi connectivity index (χ1v) is 11.1. The van der Waals surface area contributed by atoms with Crippen molar-refractivity contribution in [2.75, 3.05) is 29.9 Å². The van der Waals surface area contributed by atoms with Crippen LogP contribution in [0.2, 0.25) is 0 Å². The predicted molar refractivity (Wildman–Crippen MR) is 128 cm³/mol. The molecule has 1 fully saturated rings. The molecule has 6 heteroatoms. The number of nitrogens with one attached hydrogen (secondary N) is 1. The van der Waals surface area contributed by atoms with Crippen molar-refractivity contribution in [1.82, 2.24) is 0 Å². The molecule has 0 unspecified atom stereocenters. The molecule has 0 saturated carbocycles. The number of aryl methyl sites for hydroxylation is 1. The molecule has 1 amide bonds. The topological polar surface area (TPSA) is 78.9 Å². The van der Waals surface area contributed by atoms with Crippen molar-refractivity contribution in [3.8, 4) is 0 Å². The van der Waals surface area contributed by atoms with Crippen molar-refractivity contribution in [3.63, 3.8) is 0 Å². The van der Waals surface area contributed by atoms with Crippen LogP contribution >= 0.6 is 0 Å². The first-order chi connectivity index (χ1) is 16.0. The Morgan fingerprint density at radius 3 is 2.06 bits per heavy atom. The Bertz CT molecular complexity index is 1070. The van der Waals surface area contributed by atoms with Crippen molar-refractivity contribution in [2.24, 2.45) is 0 Å². The van der Waals surface area contributed by atoms with Crippen molar-refractivity contribution in [1.29, 1.82) is 0 Å². The van der Waals surface area contributed by atoms with E-state index in [9.17, 15) is 14.7 Å². The Morgan fingerprint density at radius 1 is 0.939 bits per heavy atom. The van der Waals surface area contributed by atoms with Gasteiger partial charge in [-0.1, -0.05) is 60.7 Å². The lowest BCUT2D eigenvalue weighted by Crippen LogP contribution is -2.39. The van der Waals surface area contributed by atoms with Gasteiger partial charge >= 0.3 is 5.97 Å². The largest absolute Gasteiger partial charge is 0.453 e. The fraction of sp³-hybridized carbons (Fsp3) is 0.259. The van der Waals surface area contributed by atoms with Gasteiger partial charge in [-0.05, 0) is 54.7 Å². The molecule has 3 aromatic rings. The zero-order chi connectivity index (χ0) is 23.3. The van der Waals surface area contributed by atoms with Crippen LogP contribution in [-0.2, 0) is 19.9 Å². The minimum atomic E-state index is -2.02. The third-order valence-electron chi connectivity index (χ3n) is 5.97. The molecule has 0 radical (unpaired) electrons. The van der Waals surface area contributed by atoms with E-state index in [1.807, 2.05) is 19.1 Å². The van der Waals surface area contributed by atoms with Gasteiger partial charge in [0.05, 0.1) is 0 Å². The van der Waals surface area contributed by atoms with Crippen molar-refractivity contribution < 1.29 is 19.4 Å². The van der Waals surface area contributed by atoms with E-state index in [2.05, 4.69) is 16.3 Å². The second kappa shape index (κ2) is 9.88. The van der Waals surface area contributed by atoms with E-state index in [-0.39, 0.29) is 0 Å². The highest BCUT2D eigenvalue weighted by Gasteiger charge is 2.41. The van der Waals surface area contributed by atoms with Gasteiger partial charge in [-0.15, -0.1) is 0 Å². The highest BCUT2D eigenvalue weighted by Crippen LogP contribution is 2.31. The number of rotatable bonds is 7. The summed E-state index contributed by atoms with van der Waals surface area (Å²) in [7, 11) is 0. The van der Waals surface area contributed by atoms with Crippen LogP contribution in [-0.4, -0.2) is 36.7 Å². The predicted octanol–water partition coefficient (Wildman–Crippen LogP) is 4.01. The first-order valence-electron chi connectivity index (χ1n) is 11.1. The van der Waals surface area contributed by atoms with Gasteiger partial charge in [0.1, 0.15) is 0 Å². The number of carbonyl (C=O) groups excluding carboxylic acids is 2. The standard InChI is InChI=1S/C27H28N2O4/c1-20-18-23(29-16-8-9-17-29)14-15-24(20)28-25(30)19-33-26(31)27(32,21-10-4-2-5-11-21)22-12-6-3-7-13-22/h2-7,10-15,18,32H,8-9,16-17,19H2,1H3,(H,28,30). The number of esters is 1. The van der Waals surface area contributed by atoms with E-state index in [0.29, 0.717) is 16.8 Å². The van der Waals surface area contributed by atoms with Gasteiger partial charge in [0.2, 0.25) is 5.60 Å². The average Bonchev–Trinajstić information content (AvgIpc) is 3.39. The van der Waals surface area contributed by atoms with Gasteiger partial charge in [-0.2, -0.15) is 0 Å². The molecule has 0 aromatic heterocycles. The number of nitrogens with zero attached hydrogens (tertiary/aromatic N) is 1. The van der Waals surface area contributed by atoms with Gasteiger partial charge in [0.25, 0.3) is 5.91 Å². The summed E-state index contributed by atoms with van der Waals surface area (Å²) < 4.78 is 5.29. The van der Waals surface area contributed by atoms with Crippen LogP contribution in [0.15, 0.2) is 78.9 Å². The molecular weight excluding hydrogens is 416 g/mol. The van der Waals surface area contributed by atoms with Gasteiger partial charge in [0, 0.05) is 24.5 Å². The molecule has 0 bridgehead atoms. The number of benzene rings is 3. The first kappa shape index (κ1) is 22.6. The summed E-state index contributed by atoms with van der Waals surface area (Å²) in [5, 5.41) is 14.2. The second-order valence-corrected chi connectivity index (χ2v) is 8.26. The molecule has 33 heavy (non-hydrogen) atoms. The lowest BCUT2D eigenvalue weighted by molar-refractivity contribution is -0.163. The quantitative estimate of drug-likeness (QED) is 0.539. The number of aliphatic hydroxyl groups is 1. The zero-order valence-corrected chi connectivity index (χ0v) is 18.7. The van der Waals surface area contributed by atoms with E-state index in [0.717, 1.165) is 24.3 Å². The van der Waals surface area contributed by atoms with Crippen molar-refractivity contribution >= 4 is 23.3 Å². The summed E-state index contributed by atoms with van der Waals surface area (Å²) in [5.74, 6) is -1.38. The molecule has 170 valence electrons. The Labute approximate surface area is 193 Å². The van der Waals surface area contributed by atoms with E-state index < -0.39 is 24.1 Å². The fourth-order valence-electron chi connectivity index (χ4n) is 4.14. The number of ether oxygens (including phenoxy) is 1. The normalized spacial score (nSPS) is 13.6. The molecule has 6 nitrogen and oxygen atoms in total. The number of hydrogen-bond acceptors (Lipinski definition) is 5. The zero-order valence-electron chi connectivity index (χ0n) is 18.7. The number of anilines is 2. The number of carbonyl (C=O) groups is 2. The molecule has 1 saturated heterocycles. The molecule has 0 atom stereocenters. The Morgan fingerprint density at radius 2 is 1.52 bits per heavy atom. The Hall–Kier alpha value is -3.64. The Balaban J connectivity index is 1.44. The van der Waals surface area contributed by atoms with Crippen LogP contribution in [0.4, 0.5) is 11.4 Å². The van der Waals surface area contributed by atoms with Crippen LogP contribution in [0.1, 0.15) is 29.5 Å². The molecule has 3 aromatic carbocycles. The van der Waals surface area contributed by atoms with E-state index in [4.69, 9.17) is 4.74 Å². The highest BCUT2D eigenvalue weighted by molar-refractivity contribution is 5.95. The van der Waals surface area contributed by atoms with E-state index >= 15 is 0 Å². The van der Waals surface area contributed by atoms with Crippen LogP contribution < -0.4 is 10.2 Å². The van der Waals surface area contributed by atoms with Crippen LogP contribution in [0.25, 0.3) is 0 Å². The number of hydrogen-bond donors (Lipinski definition) is 2. The monoisotopic (exact) mass is 444 g/mol. The van der Waals surface area contributed by atoms with Gasteiger partial charge < -0.3 is 20.1 Å². The molecule has 0 spiro atoms. The summed E-state index contributed by atoms with van der Waals surface area (Å²) >= 11 is 0. The molecule has 1 aliphatic heterocycles. The molecule has 1 heterocycles. The van der Waals surface area contributed by atoms with Crippen molar-refractivity contribution in [2.45, 2.75) is 25.4 Å². The minimum Gasteiger partial charge on any atom is -0.453 e. The fourth-order valence-corrected chi connectivity index (χ4v) is 4.14. The highest BCUT2D eigenvalue weighted by atomic mass is 16.6. The van der Waals surface area contributed by atoms with Crippen LogP contribution in [0.5, 0.6) is 0 Å². The molecule has 1 aliphatic rings. The maximum atomic E-state index is 13.0. The third-order valence-corrected chi connectivity index (χ3v) is 5.97. The van der Waals surface area contributed by atoms with Crippen LogP contribution in [0, 0.1) is 6.92 Å². The maximum absolute atomic E-state index is 13.0. The lowest BCUT2D eigenvalue weighted by Gasteiger charge is -2.27. The van der Waals surface area contributed by atoms with Gasteiger partial charge in [-0.25, -0.2) is 4.79 Å². The summed E-state index contributed by atoms with van der Waals surface area (Å²) in [6, 6.07) is 23.0. The molecular formula is C27H28N2O4. The summed E-state index contributed by atoms with van der Waals surface area (Å²) in [6.45, 7) is 3.53. The molecule has 4 rings (SSSR count). The third kappa shape index (κ3) is 4.91. The summed E-state index contributed by atoms with van der Waals surface area (Å²) in [6.07, 6.45) is 2.39.